The standard InChI is InChI=1S/C14H13N3O2S/c1-17(11-5-3-2-4-9(11)13(15)20)14(19)10-8-16-7-6-12(10)18/h2-8H,1H3,(H2,15,20)(H,16,18). The molecule has 1 heterocycles. The van der Waals surface area contributed by atoms with Gasteiger partial charge in [0.25, 0.3) is 5.91 Å². The van der Waals surface area contributed by atoms with E-state index in [0.717, 1.165) is 0 Å². The molecule has 1 aromatic carbocycles. The molecule has 0 radical (unpaired) electrons. The van der Waals surface area contributed by atoms with Gasteiger partial charge < -0.3 is 15.6 Å². The molecular weight excluding hydrogens is 274 g/mol. The topological polar surface area (TPSA) is 79.2 Å². The van der Waals surface area contributed by atoms with Crippen molar-refractivity contribution < 1.29 is 4.79 Å². The van der Waals surface area contributed by atoms with Crippen molar-refractivity contribution >= 4 is 28.8 Å². The zero-order valence-electron chi connectivity index (χ0n) is 10.8. The number of anilines is 1. The number of pyridine rings is 1. The Morgan fingerprint density at radius 3 is 2.60 bits per heavy atom. The van der Waals surface area contributed by atoms with Gasteiger partial charge in [0.2, 0.25) is 0 Å². The highest BCUT2D eigenvalue weighted by Crippen LogP contribution is 2.20. The van der Waals surface area contributed by atoms with Crippen LogP contribution < -0.4 is 16.1 Å². The summed E-state index contributed by atoms with van der Waals surface area (Å²) in [6.45, 7) is 0. The fourth-order valence-electron chi connectivity index (χ4n) is 1.85. The molecule has 0 spiro atoms. The van der Waals surface area contributed by atoms with Gasteiger partial charge in [-0.25, -0.2) is 0 Å². The maximum absolute atomic E-state index is 12.4. The third-order valence-electron chi connectivity index (χ3n) is 2.89. The number of nitrogens with one attached hydrogen (secondary N) is 1. The molecule has 2 aromatic rings. The van der Waals surface area contributed by atoms with Gasteiger partial charge in [0, 0.05) is 31.1 Å². The van der Waals surface area contributed by atoms with Crippen LogP contribution in [0.25, 0.3) is 0 Å². The predicted molar refractivity (Wildman–Crippen MR) is 82.1 cm³/mol. The van der Waals surface area contributed by atoms with Crippen LogP contribution in [-0.4, -0.2) is 22.9 Å². The smallest absolute Gasteiger partial charge is 0.263 e. The van der Waals surface area contributed by atoms with Gasteiger partial charge >= 0.3 is 0 Å². The molecule has 20 heavy (non-hydrogen) atoms. The lowest BCUT2D eigenvalue weighted by molar-refractivity contribution is 0.0991. The molecule has 0 aliphatic heterocycles. The third-order valence-corrected chi connectivity index (χ3v) is 3.11. The van der Waals surface area contributed by atoms with Crippen molar-refractivity contribution in [2.24, 2.45) is 5.73 Å². The molecule has 3 N–H and O–H groups in total. The molecule has 2 rings (SSSR count). The SMILES string of the molecule is CN(C(=O)c1c[nH]ccc1=O)c1ccccc1C(N)=S. The Morgan fingerprint density at radius 2 is 1.95 bits per heavy atom. The second-order valence-corrected chi connectivity index (χ2v) is 4.61. The molecule has 1 aromatic heterocycles. The van der Waals surface area contributed by atoms with E-state index in [-0.39, 0.29) is 16.0 Å². The number of hydrogen-bond acceptors (Lipinski definition) is 3. The van der Waals surface area contributed by atoms with Crippen molar-refractivity contribution in [1.29, 1.82) is 0 Å². The van der Waals surface area contributed by atoms with Gasteiger partial charge in [-0.05, 0) is 12.1 Å². The van der Waals surface area contributed by atoms with Crippen molar-refractivity contribution in [3.8, 4) is 0 Å². The van der Waals surface area contributed by atoms with E-state index in [2.05, 4.69) is 4.98 Å². The number of amides is 1. The number of nitrogens with zero attached hydrogens (tertiary/aromatic N) is 1. The van der Waals surface area contributed by atoms with Crippen LogP contribution in [0.4, 0.5) is 5.69 Å². The van der Waals surface area contributed by atoms with E-state index >= 15 is 0 Å². The second-order valence-electron chi connectivity index (χ2n) is 4.17. The Morgan fingerprint density at radius 1 is 1.25 bits per heavy atom. The average Bonchev–Trinajstić information content (AvgIpc) is 2.46. The van der Waals surface area contributed by atoms with Crippen LogP contribution in [0.1, 0.15) is 15.9 Å². The summed E-state index contributed by atoms with van der Waals surface area (Å²) in [5.74, 6) is -0.421. The van der Waals surface area contributed by atoms with Crippen LogP contribution in [0.2, 0.25) is 0 Å². The van der Waals surface area contributed by atoms with Crippen molar-refractivity contribution in [1.82, 2.24) is 4.98 Å². The maximum atomic E-state index is 12.4. The van der Waals surface area contributed by atoms with Gasteiger partial charge in [-0.2, -0.15) is 0 Å². The summed E-state index contributed by atoms with van der Waals surface area (Å²) < 4.78 is 0. The Balaban J connectivity index is 2.45. The Bertz CT molecular complexity index is 724. The van der Waals surface area contributed by atoms with E-state index in [1.807, 2.05) is 0 Å². The number of rotatable bonds is 3. The fraction of sp³-hybridized carbons (Fsp3) is 0.0714. The molecule has 0 saturated heterocycles. The molecule has 102 valence electrons. The monoisotopic (exact) mass is 287 g/mol. The summed E-state index contributed by atoms with van der Waals surface area (Å²) in [4.78, 5) is 28.3. The van der Waals surface area contributed by atoms with Crippen LogP contribution in [0.5, 0.6) is 0 Å². The van der Waals surface area contributed by atoms with Crippen LogP contribution >= 0.6 is 12.2 Å². The molecule has 0 aliphatic carbocycles. The minimum absolute atomic E-state index is 0.0627. The molecule has 0 atom stereocenters. The van der Waals surface area contributed by atoms with Gasteiger partial charge in [-0.1, -0.05) is 24.4 Å². The summed E-state index contributed by atoms with van der Waals surface area (Å²) in [5, 5.41) is 0. The number of thiocarbonyl (C=S) groups is 1. The first-order valence-electron chi connectivity index (χ1n) is 5.86. The zero-order chi connectivity index (χ0) is 14.7. The molecule has 5 nitrogen and oxygen atoms in total. The van der Waals surface area contributed by atoms with Crippen LogP contribution in [0, 0.1) is 0 Å². The molecular formula is C14H13N3O2S. The quantitative estimate of drug-likeness (QED) is 0.834. The van der Waals surface area contributed by atoms with E-state index in [1.54, 1.807) is 31.3 Å². The highest BCUT2D eigenvalue weighted by Gasteiger charge is 2.19. The van der Waals surface area contributed by atoms with E-state index < -0.39 is 5.91 Å². The van der Waals surface area contributed by atoms with Crippen LogP contribution in [0.15, 0.2) is 47.5 Å². The summed E-state index contributed by atoms with van der Waals surface area (Å²) in [7, 11) is 1.58. The van der Waals surface area contributed by atoms with E-state index in [0.29, 0.717) is 11.3 Å². The lowest BCUT2D eigenvalue weighted by Gasteiger charge is -2.20. The highest BCUT2D eigenvalue weighted by molar-refractivity contribution is 7.80. The van der Waals surface area contributed by atoms with E-state index in [9.17, 15) is 9.59 Å². The fourth-order valence-corrected chi connectivity index (χ4v) is 2.02. The second kappa shape index (κ2) is 5.66. The Labute approximate surface area is 121 Å². The van der Waals surface area contributed by atoms with Gasteiger partial charge in [-0.3, -0.25) is 9.59 Å². The first-order valence-corrected chi connectivity index (χ1v) is 6.27. The number of aromatic amines is 1. The minimum atomic E-state index is -0.421. The summed E-state index contributed by atoms with van der Waals surface area (Å²) in [6, 6.07) is 8.32. The molecule has 1 amide bonds. The lowest BCUT2D eigenvalue weighted by Crippen LogP contribution is -2.32. The van der Waals surface area contributed by atoms with Crippen LogP contribution in [0.3, 0.4) is 0 Å². The van der Waals surface area contributed by atoms with Crippen LogP contribution in [-0.2, 0) is 0 Å². The molecule has 0 fully saturated rings. The number of nitrogens with two attached hydrogens (primary N) is 1. The first-order chi connectivity index (χ1) is 9.52. The van der Waals surface area contributed by atoms with Gasteiger partial charge in [0.15, 0.2) is 5.43 Å². The highest BCUT2D eigenvalue weighted by atomic mass is 32.1. The minimum Gasteiger partial charge on any atom is -0.389 e. The summed E-state index contributed by atoms with van der Waals surface area (Å²) in [6.07, 6.45) is 2.85. The van der Waals surface area contributed by atoms with Crippen molar-refractivity contribution in [3.05, 3.63) is 64.1 Å². The number of hydrogen-bond donors (Lipinski definition) is 2. The van der Waals surface area contributed by atoms with Gasteiger partial charge in [0.1, 0.15) is 10.6 Å². The number of aromatic nitrogens is 1. The Hall–Kier alpha value is -2.47. The van der Waals surface area contributed by atoms with Gasteiger partial charge in [-0.15, -0.1) is 0 Å². The number of benzene rings is 1. The maximum Gasteiger partial charge on any atom is 0.263 e. The van der Waals surface area contributed by atoms with E-state index in [4.69, 9.17) is 18.0 Å². The number of para-hydroxylation sites is 1. The largest absolute Gasteiger partial charge is 0.389 e. The number of carbonyl (C=O) groups excluding carboxylic acids is 1. The zero-order valence-corrected chi connectivity index (χ0v) is 11.6. The molecule has 0 saturated carbocycles. The molecule has 6 heteroatoms. The summed E-state index contributed by atoms with van der Waals surface area (Å²) in [5.41, 5.74) is 6.52. The number of carbonyl (C=O) groups is 1. The molecule has 0 unspecified atom stereocenters. The van der Waals surface area contributed by atoms with Crippen molar-refractivity contribution in [3.63, 3.8) is 0 Å². The Kier molecular flexibility index (Phi) is 3.95. The van der Waals surface area contributed by atoms with Gasteiger partial charge in [0.05, 0.1) is 5.69 Å². The molecule has 0 bridgehead atoms. The predicted octanol–water partition coefficient (Wildman–Crippen LogP) is 1.29. The first kappa shape index (κ1) is 14.0. The van der Waals surface area contributed by atoms with E-state index in [1.165, 1.54) is 23.4 Å². The lowest BCUT2D eigenvalue weighted by atomic mass is 10.1. The van der Waals surface area contributed by atoms with Crippen molar-refractivity contribution in [2.75, 3.05) is 11.9 Å². The average molecular weight is 287 g/mol. The number of H-pyrrole nitrogens is 1. The van der Waals surface area contributed by atoms with Crippen molar-refractivity contribution in [2.45, 2.75) is 0 Å². The molecule has 0 aliphatic rings. The third kappa shape index (κ3) is 2.60. The summed E-state index contributed by atoms with van der Waals surface area (Å²) >= 11 is 4.97. The normalized spacial score (nSPS) is 10.1.